The molecule has 0 saturated heterocycles. The Labute approximate surface area is 188 Å². The van der Waals surface area contributed by atoms with E-state index in [2.05, 4.69) is 15.0 Å². The van der Waals surface area contributed by atoms with Crippen molar-refractivity contribution in [1.82, 2.24) is 15.0 Å². The molecule has 1 fully saturated rings. The Balaban J connectivity index is 1.23. The van der Waals surface area contributed by atoms with Crippen LogP contribution in [0.2, 0.25) is 0 Å². The number of thiazole rings is 1. The Kier molecular flexibility index (Phi) is 5.35. The van der Waals surface area contributed by atoms with Gasteiger partial charge in [-0.25, -0.2) is 18.1 Å². The Morgan fingerprint density at radius 2 is 1.77 bits per heavy atom. The van der Waals surface area contributed by atoms with Gasteiger partial charge in [-0.2, -0.15) is 0 Å². The summed E-state index contributed by atoms with van der Waals surface area (Å²) in [6.07, 6.45) is 1.79. The second-order valence-electron chi connectivity index (χ2n) is 7.37. The molecule has 2 aromatic carbocycles. The summed E-state index contributed by atoms with van der Waals surface area (Å²) in [7, 11) is -3.46. The maximum absolute atomic E-state index is 12.6. The van der Waals surface area contributed by atoms with Crippen LogP contribution in [0.25, 0.3) is 20.1 Å². The van der Waals surface area contributed by atoms with E-state index in [9.17, 15) is 13.2 Å². The van der Waals surface area contributed by atoms with E-state index in [0.29, 0.717) is 11.4 Å². The second kappa shape index (κ2) is 8.16. The molecule has 0 atom stereocenters. The lowest BCUT2D eigenvalue weighted by Crippen LogP contribution is -2.25. The summed E-state index contributed by atoms with van der Waals surface area (Å²) < 4.78 is 28.3. The highest BCUT2D eigenvalue weighted by molar-refractivity contribution is 7.89. The standard InChI is InChI=1S/C22H19N3O3S3/c26-21(19-11-12-20(29-19)22-24-17-3-1-2-4-18(17)30-22)23-13-14-5-9-16(10-6-14)31(27,28)25-15-7-8-15/h1-6,9-12,15,25H,7-8,13H2,(H,23,26). The molecule has 0 bridgehead atoms. The summed E-state index contributed by atoms with van der Waals surface area (Å²) >= 11 is 3.02. The van der Waals surface area contributed by atoms with Gasteiger partial charge in [-0.3, -0.25) is 4.79 Å². The molecule has 2 N–H and O–H groups in total. The highest BCUT2D eigenvalue weighted by atomic mass is 32.2. The van der Waals surface area contributed by atoms with E-state index in [0.717, 1.165) is 38.5 Å². The van der Waals surface area contributed by atoms with E-state index >= 15 is 0 Å². The third-order valence-electron chi connectivity index (χ3n) is 4.92. The van der Waals surface area contributed by atoms with Gasteiger partial charge in [-0.1, -0.05) is 24.3 Å². The number of nitrogens with zero attached hydrogens (tertiary/aromatic N) is 1. The fourth-order valence-corrected chi connectivity index (χ4v) is 6.34. The van der Waals surface area contributed by atoms with Crippen LogP contribution in [0.3, 0.4) is 0 Å². The third kappa shape index (κ3) is 4.54. The number of carbonyl (C=O) groups is 1. The van der Waals surface area contributed by atoms with E-state index in [-0.39, 0.29) is 16.8 Å². The smallest absolute Gasteiger partial charge is 0.261 e. The monoisotopic (exact) mass is 469 g/mol. The van der Waals surface area contributed by atoms with Gasteiger partial charge in [-0.15, -0.1) is 22.7 Å². The molecule has 1 saturated carbocycles. The molecular formula is C22H19N3O3S3. The van der Waals surface area contributed by atoms with Crippen molar-refractivity contribution in [3.8, 4) is 9.88 Å². The van der Waals surface area contributed by atoms with Crippen LogP contribution in [-0.4, -0.2) is 25.4 Å². The lowest BCUT2D eigenvalue weighted by atomic mass is 10.2. The van der Waals surface area contributed by atoms with Crippen molar-refractivity contribution >= 4 is 48.8 Å². The van der Waals surface area contributed by atoms with Crippen molar-refractivity contribution < 1.29 is 13.2 Å². The summed E-state index contributed by atoms with van der Waals surface area (Å²) in [6.45, 7) is 0.323. The Hall–Kier alpha value is -2.59. The lowest BCUT2D eigenvalue weighted by Gasteiger charge is -2.07. The quantitative estimate of drug-likeness (QED) is 0.420. The first-order valence-corrected chi connectivity index (χ1v) is 12.9. The number of amides is 1. The van der Waals surface area contributed by atoms with Gasteiger partial charge in [0.2, 0.25) is 10.0 Å². The number of thiophene rings is 1. The van der Waals surface area contributed by atoms with E-state index in [1.165, 1.54) is 11.3 Å². The fourth-order valence-electron chi connectivity index (χ4n) is 3.10. The fraction of sp³-hybridized carbons (Fsp3) is 0.182. The first kappa shape index (κ1) is 20.3. The molecule has 0 spiro atoms. The number of nitrogens with one attached hydrogen (secondary N) is 2. The van der Waals surface area contributed by atoms with Crippen molar-refractivity contribution in [2.45, 2.75) is 30.3 Å². The number of hydrogen-bond acceptors (Lipinski definition) is 6. The number of para-hydroxylation sites is 1. The number of sulfonamides is 1. The molecular weight excluding hydrogens is 450 g/mol. The van der Waals surface area contributed by atoms with Gasteiger partial charge >= 0.3 is 0 Å². The Morgan fingerprint density at radius 1 is 1.00 bits per heavy atom. The predicted octanol–water partition coefficient (Wildman–Crippen LogP) is 4.40. The van der Waals surface area contributed by atoms with Crippen LogP contribution in [-0.2, 0) is 16.6 Å². The molecule has 158 valence electrons. The van der Waals surface area contributed by atoms with Gasteiger partial charge in [0.1, 0.15) is 5.01 Å². The lowest BCUT2D eigenvalue weighted by molar-refractivity contribution is 0.0955. The van der Waals surface area contributed by atoms with Crippen molar-refractivity contribution in [3.05, 3.63) is 71.1 Å². The number of benzene rings is 2. The van der Waals surface area contributed by atoms with E-state index in [1.54, 1.807) is 41.7 Å². The summed E-state index contributed by atoms with van der Waals surface area (Å²) in [6, 6.07) is 18.4. The van der Waals surface area contributed by atoms with Crippen molar-refractivity contribution in [1.29, 1.82) is 0 Å². The molecule has 2 aromatic heterocycles. The van der Waals surface area contributed by atoms with E-state index < -0.39 is 10.0 Å². The van der Waals surface area contributed by atoms with Gasteiger partial charge in [0.05, 0.1) is 24.9 Å². The van der Waals surface area contributed by atoms with Gasteiger partial charge in [-0.05, 0) is 54.8 Å². The van der Waals surface area contributed by atoms with Gasteiger partial charge in [0, 0.05) is 12.6 Å². The molecule has 9 heteroatoms. The summed E-state index contributed by atoms with van der Waals surface area (Å²) in [5.41, 5.74) is 1.79. The maximum atomic E-state index is 12.6. The number of carbonyl (C=O) groups excluding carboxylic acids is 1. The zero-order chi connectivity index (χ0) is 21.4. The largest absolute Gasteiger partial charge is 0.347 e. The van der Waals surface area contributed by atoms with Crippen LogP contribution < -0.4 is 10.0 Å². The molecule has 1 aliphatic rings. The van der Waals surface area contributed by atoms with E-state index in [1.807, 2.05) is 30.3 Å². The normalized spacial score (nSPS) is 14.1. The van der Waals surface area contributed by atoms with Crippen LogP contribution >= 0.6 is 22.7 Å². The minimum atomic E-state index is -3.46. The minimum absolute atomic E-state index is 0.0717. The first-order valence-electron chi connectivity index (χ1n) is 9.83. The molecule has 4 aromatic rings. The molecule has 1 amide bonds. The highest BCUT2D eigenvalue weighted by Gasteiger charge is 2.27. The second-order valence-corrected chi connectivity index (χ2v) is 11.2. The van der Waals surface area contributed by atoms with Gasteiger partial charge < -0.3 is 5.32 Å². The van der Waals surface area contributed by atoms with Crippen LogP contribution in [0.1, 0.15) is 28.1 Å². The molecule has 0 aliphatic heterocycles. The van der Waals surface area contributed by atoms with Crippen LogP contribution in [0.15, 0.2) is 65.6 Å². The molecule has 2 heterocycles. The topological polar surface area (TPSA) is 88.2 Å². The molecule has 0 unspecified atom stereocenters. The molecule has 31 heavy (non-hydrogen) atoms. The minimum Gasteiger partial charge on any atom is -0.347 e. The first-order chi connectivity index (χ1) is 15.0. The van der Waals surface area contributed by atoms with Crippen molar-refractivity contribution in [3.63, 3.8) is 0 Å². The van der Waals surface area contributed by atoms with Gasteiger partial charge in [0.25, 0.3) is 5.91 Å². The number of aromatic nitrogens is 1. The summed E-state index contributed by atoms with van der Waals surface area (Å²) in [5, 5.41) is 3.80. The Morgan fingerprint density at radius 3 is 2.52 bits per heavy atom. The average molecular weight is 470 g/mol. The van der Waals surface area contributed by atoms with Crippen molar-refractivity contribution in [2.24, 2.45) is 0 Å². The summed E-state index contributed by atoms with van der Waals surface area (Å²) in [5.74, 6) is -0.163. The number of fused-ring (bicyclic) bond motifs is 1. The molecule has 5 rings (SSSR count). The maximum Gasteiger partial charge on any atom is 0.261 e. The van der Waals surface area contributed by atoms with Crippen molar-refractivity contribution in [2.75, 3.05) is 0 Å². The van der Waals surface area contributed by atoms with E-state index in [4.69, 9.17) is 0 Å². The number of rotatable bonds is 7. The third-order valence-corrected chi connectivity index (χ3v) is 8.75. The van der Waals surface area contributed by atoms with Gasteiger partial charge in [0.15, 0.2) is 0 Å². The zero-order valence-corrected chi connectivity index (χ0v) is 18.8. The van der Waals surface area contributed by atoms with Crippen LogP contribution in [0, 0.1) is 0 Å². The molecule has 0 radical (unpaired) electrons. The van der Waals surface area contributed by atoms with Crippen LogP contribution in [0.4, 0.5) is 0 Å². The van der Waals surface area contributed by atoms with Crippen LogP contribution in [0.5, 0.6) is 0 Å². The zero-order valence-electron chi connectivity index (χ0n) is 16.4. The molecule has 1 aliphatic carbocycles. The number of hydrogen-bond donors (Lipinski definition) is 2. The highest BCUT2D eigenvalue weighted by Crippen LogP contribution is 2.34. The summed E-state index contributed by atoms with van der Waals surface area (Å²) in [4.78, 5) is 19.0. The molecule has 6 nitrogen and oxygen atoms in total. The predicted molar refractivity (Wildman–Crippen MR) is 124 cm³/mol. The average Bonchev–Trinajstić information content (AvgIpc) is 3.27. The Bertz CT molecular complexity index is 1320. The SMILES string of the molecule is O=C(NCc1ccc(S(=O)(=O)NC2CC2)cc1)c1ccc(-c2nc3ccccc3s2)s1.